The fourth-order valence-electron chi connectivity index (χ4n) is 1.92. The van der Waals surface area contributed by atoms with E-state index in [0.29, 0.717) is 6.61 Å². The van der Waals surface area contributed by atoms with Gasteiger partial charge in [0.25, 0.3) is 0 Å². The zero-order chi connectivity index (χ0) is 13.0. The molecular formula is C14H15NO3. The zero-order valence-corrected chi connectivity index (χ0v) is 10.4. The smallest absolute Gasteiger partial charge is 0.330 e. The molecular weight excluding hydrogens is 230 g/mol. The average Bonchev–Trinajstić information content (AvgIpc) is 2.80. The second-order valence-electron chi connectivity index (χ2n) is 3.87. The number of benzene rings is 1. The number of nitrogens with one attached hydrogen (secondary N) is 1. The summed E-state index contributed by atoms with van der Waals surface area (Å²) in [7, 11) is 3.02. The van der Waals surface area contributed by atoms with Crippen LogP contribution in [-0.4, -0.2) is 25.2 Å². The monoisotopic (exact) mass is 245 g/mol. The number of esters is 1. The maximum Gasteiger partial charge on any atom is 0.330 e. The summed E-state index contributed by atoms with van der Waals surface area (Å²) in [6.07, 6.45) is 5.09. The van der Waals surface area contributed by atoms with E-state index in [2.05, 4.69) is 9.72 Å². The molecule has 0 aliphatic heterocycles. The zero-order valence-electron chi connectivity index (χ0n) is 10.4. The van der Waals surface area contributed by atoms with Gasteiger partial charge in [-0.2, -0.15) is 0 Å². The van der Waals surface area contributed by atoms with E-state index in [1.807, 2.05) is 24.4 Å². The summed E-state index contributed by atoms with van der Waals surface area (Å²) in [5.74, 6) is -0.365. The van der Waals surface area contributed by atoms with Crippen LogP contribution in [0.3, 0.4) is 0 Å². The lowest BCUT2D eigenvalue weighted by molar-refractivity contribution is -0.134. The Morgan fingerprint density at radius 3 is 2.94 bits per heavy atom. The minimum atomic E-state index is -0.365. The lowest BCUT2D eigenvalue weighted by Crippen LogP contribution is -1.93. The third kappa shape index (κ3) is 2.43. The first kappa shape index (κ1) is 12.4. The molecule has 0 aliphatic rings. The lowest BCUT2D eigenvalue weighted by Gasteiger charge is -2.01. The van der Waals surface area contributed by atoms with Crippen LogP contribution in [0.2, 0.25) is 0 Å². The number of aromatic nitrogens is 1. The third-order valence-electron chi connectivity index (χ3n) is 2.72. The Morgan fingerprint density at radius 1 is 1.39 bits per heavy atom. The maximum atomic E-state index is 11.1. The molecule has 2 aromatic rings. The first-order chi connectivity index (χ1) is 8.76. The molecule has 0 saturated heterocycles. The van der Waals surface area contributed by atoms with E-state index in [-0.39, 0.29) is 5.97 Å². The highest BCUT2D eigenvalue weighted by Crippen LogP contribution is 2.24. The summed E-state index contributed by atoms with van der Waals surface area (Å²) in [5, 5.41) is 1.07. The van der Waals surface area contributed by atoms with E-state index in [0.717, 1.165) is 22.0 Å². The van der Waals surface area contributed by atoms with Gasteiger partial charge in [0.1, 0.15) is 0 Å². The molecule has 4 heteroatoms. The highest BCUT2D eigenvalue weighted by atomic mass is 16.5. The maximum absolute atomic E-state index is 11.1. The number of methoxy groups -OCH3 is 2. The predicted octanol–water partition coefficient (Wildman–Crippen LogP) is 2.50. The second-order valence-corrected chi connectivity index (χ2v) is 3.87. The highest BCUT2D eigenvalue weighted by Gasteiger charge is 2.06. The molecule has 0 bridgehead atoms. The van der Waals surface area contributed by atoms with Gasteiger partial charge in [0.15, 0.2) is 0 Å². The summed E-state index contributed by atoms with van der Waals surface area (Å²) in [4.78, 5) is 14.3. The standard InChI is InChI=1S/C14H15NO3/c1-17-9-11-8-15-12-5-3-4-10(14(11)12)6-7-13(16)18-2/h3-8,15H,9H2,1-2H3/b7-6+. The van der Waals surface area contributed by atoms with Crippen molar-refractivity contribution in [2.24, 2.45) is 0 Å². The molecule has 0 saturated carbocycles. The van der Waals surface area contributed by atoms with Crippen LogP contribution in [0, 0.1) is 0 Å². The normalized spacial score (nSPS) is 11.2. The summed E-state index contributed by atoms with van der Waals surface area (Å²) in [6.45, 7) is 0.531. The fourth-order valence-corrected chi connectivity index (χ4v) is 1.92. The van der Waals surface area contributed by atoms with Crippen LogP contribution in [0.4, 0.5) is 0 Å². The molecule has 0 amide bonds. The summed E-state index contributed by atoms with van der Waals surface area (Å²) < 4.78 is 9.75. The average molecular weight is 245 g/mol. The molecule has 0 unspecified atom stereocenters. The van der Waals surface area contributed by atoms with Crippen LogP contribution >= 0.6 is 0 Å². The fraction of sp³-hybridized carbons (Fsp3) is 0.214. The van der Waals surface area contributed by atoms with Crippen LogP contribution < -0.4 is 0 Å². The van der Waals surface area contributed by atoms with Crippen LogP contribution in [0.5, 0.6) is 0 Å². The first-order valence-electron chi connectivity index (χ1n) is 5.60. The van der Waals surface area contributed by atoms with Gasteiger partial charge in [-0.3, -0.25) is 0 Å². The molecule has 1 aromatic carbocycles. The van der Waals surface area contributed by atoms with Crippen molar-refractivity contribution in [3.05, 3.63) is 41.6 Å². The van der Waals surface area contributed by atoms with Gasteiger partial charge in [-0.05, 0) is 17.7 Å². The van der Waals surface area contributed by atoms with Crippen molar-refractivity contribution in [3.63, 3.8) is 0 Å². The first-order valence-corrected chi connectivity index (χ1v) is 5.60. The van der Waals surface area contributed by atoms with E-state index < -0.39 is 0 Å². The number of hydrogen-bond donors (Lipinski definition) is 1. The quantitative estimate of drug-likeness (QED) is 0.665. The summed E-state index contributed by atoms with van der Waals surface area (Å²) >= 11 is 0. The number of H-pyrrole nitrogens is 1. The third-order valence-corrected chi connectivity index (χ3v) is 2.72. The van der Waals surface area contributed by atoms with Crippen molar-refractivity contribution in [1.29, 1.82) is 0 Å². The Kier molecular flexibility index (Phi) is 3.79. The highest BCUT2D eigenvalue weighted by molar-refractivity contribution is 5.95. The molecule has 0 aliphatic carbocycles. The minimum Gasteiger partial charge on any atom is -0.466 e. The van der Waals surface area contributed by atoms with Crippen LogP contribution in [0.25, 0.3) is 17.0 Å². The van der Waals surface area contributed by atoms with Gasteiger partial charge >= 0.3 is 5.97 Å². The Balaban J connectivity index is 2.46. The molecule has 0 radical (unpaired) electrons. The molecule has 4 nitrogen and oxygen atoms in total. The number of fused-ring (bicyclic) bond motifs is 1. The molecule has 1 N–H and O–H groups in total. The van der Waals surface area contributed by atoms with Crippen LogP contribution in [0.1, 0.15) is 11.1 Å². The van der Waals surface area contributed by atoms with Crippen molar-refractivity contribution in [2.45, 2.75) is 6.61 Å². The number of rotatable bonds is 4. The number of aromatic amines is 1. The van der Waals surface area contributed by atoms with E-state index >= 15 is 0 Å². The topological polar surface area (TPSA) is 51.3 Å². The van der Waals surface area contributed by atoms with E-state index in [9.17, 15) is 4.79 Å². The van der Waals surface area contributed by atoms with Gasteiger partial charge in [0.05, 0.1) is 13.7 Å². The molecule has 0 atom stereocenters. The molecule has 1 heterocycles. The van der Waals surface area contributed by atoms with Crippen molar-refractivity contribution >= 4 is 22.9 Å². The molecule has 0 fully saturated rings. The van der Waals surface area contributed by atoms with Crippen molar-refractivity contribution < 1.29 is 14.3 Å². The van der Waals surface area contributed by atoms with E-state index in [4.69, 9.17) is 4.74 Å². The minimum absolute atomic E-state index is 0.365. The van der Waals surface area contributed by atoms with Crippen molar-refractivity contribution in [1.82, 2.24) is 4.98 Å². The summed E-state index contributed by atoms with van der Waals surface area (Å²) in [5.41, 5.74) is 3.05. The number of carbonyl (C=O) groups is 1. The van der Waals surface area contributed by atoms with Gasteiger partial charge in [-0.25, -0.2) is 4.79 Å². The predicted molar refractivity (Wildman–Crippen MR) is 70.1 cm³/mol. The molecule has 94 valence electrons. The van der Waals surface area contributed by atoms with Crippen LogP contribution in [0.15, 0.2) is 30.5 Å². The lowest BCUT2D eigenvalue weighted by atomic mass is 10.1. The largest absolute Gasteiger partial charge is 0.466 e. The molecule has 18 heavy (non-hydrogen) atoms. The van der Waals surface area contributed by atoms with Crippen molar-refractivity contribution in [3.8, 4) is 0 Å². The second kappa shape index (κ2) is 5.51. The Bertz CT molecular complexity index is 584. The number of hydrogen-bond acceptors (Lipinski definition) is 3. The summed E-state index contributed by atoms with van der Waals surface area (Å²) in [6, 6.07) is 5.88. The Hall–Kier alpha value is -2.07. The van der Waals surface area contributed by atoms with Gasteiger partial charge in [-0.15, -0.1) is 0 Å². The van der Waals surface area contributed by atoms with Gasteiger partial charge in [-0.1, -0.05) is 12.1 Å². The molecule has 0 spiro atoms. The molecule has 1 aromatic heterocycles. The van der Waals surface area contributed by atoms with Crippen molar-refractivity contribution in [2.75, 3.05) is 14.2 Å². The number of carbonyl (C=O) groups excluding carboxylic acids is 1. The van der Waals surface area contributed by atoms with Gasteiger partial charge in [0, 0.05) is 35.8 Å². The van der Waals surface area contributed by atoms with Crippen LogP contribution in [-0.2, 0) is 20.9 Å². The Morgan fingerprint density at radius 2 is 2.22 bits per heavy atom. The molecule has 2 rings (SSSR count). The Labute approximate surface area is 105 Å². The van der Waals surface area contributed by atoms with E-state index in [1.165, 1.54) is 13.2 Å². The van der Waals surface area contributed by atoms with Gasteiger partial charge < -0.3 is 14.5 Å². The van der Waals surface area contributed by atoms with Gasteiger partial charge in [0.2, 0.25) is 0 Å². The SMILES string of the molecule is COCc1c[nH]c2cccc(/C=C/C(=O)OC)c12. The van der Waals surface area contributed by atoms with E-state index in [1.54, 1.807) is 13.2 Å². The number of ether oxygens (including phenoxy) is 2.